The van der Waals surface area contributed by atoms with Crippen molar-refractivity contribution < 1.29 is 13.3 Å². The smallest absolute Gasteiger partial charge is 0.269 e. The summed E-state index contributed by atoms with van der Waals surface area (Å²) < 4.78 is 27.6. The Morgan fingerprint density at radius 1 is 0.969 bits per heavy atom. The molecule has 2 N–H and O–H groups in total. The van der Waals surface area contributed by atoms with Gasteiger partial charge in [-0.15, -0.1) is 0 Å². The lowest BCUT2D eigenvalue weighted by molar-refractivity contribution is -0.384. The number of benzene rings is 2. The Morgan fingerprint density at radius 3 is 2.22 bits per heavy atom. The summed E-state index contributed by atoms with van der Waals surface area (Å²) in [5.74, 6) is 2.23. The molecule has 0 spiro atoms. The van der Waals surface area contributed by atoms with Gasteiger partial charge in [0.2, 0.25) is 0 Å². The van der Waals surface area contributed by atoms with E-state index in [4.69, 9.17) is 0 Å². The van der Waals surface area contributed by atoms with Crippen molar-refractivity contribution in [3.63, 3.8) is 0 Å². The first kappa shape index (κ1) is 21.5. The Labute approximate surface area is 185 Å². The monoisotopic (exact) mass is 454 g/mol. The quantitative estimate of drug-likeness (QED) is 0.407. The third-order valence-corrected chi connectivity index (χ3v) is 6.42. The highest BCUT2D eigenvalue weighted by Gasteiger charge is 2.17. The maximum absolute atomic E-state index is 12.5. The molecule has 0 bridgehead atoms. The number of aryl methyl sites for hydroxylation is 1. The first-order valence-corrected chi connectivity index (χ1v) is 11.5. The van der Waals surface area contributed by atoms with E-state index in [9.17, 15) is 18.5 Å². The van der Waals surface area contributed by atoms with Gasteiger partial charge in [-0.25, -0.2) is 18.4 Å². The van der Waals surface area contributed by atoms with Crippen LogP contribution < -0.4 is 14.9 Å². The lowest BCUT2D eigenvalue weighted by Gasteiger charge is -2.18. The molecule has 0 amide bonds. The number of sulfonamides is 1. The van der Waals surface area contributed by atoms with Gasteiger partial charge >= 0.3 is 0 Å². The van der Waals surface area contributed by atoms with Crippen molar-refractivity contribution in [3.8, 4) is 0 Å². The van der Waals surface area contributed by atoms with Crippen molar-refractivity contribution in [1.29, 1.82) is 0 Å². The predicted octanol–water partition coefficient (Wildman–Crippen LogP) is 3.84. The summed E-state index contributed by atoms with van der Waals surface area (Å²) in [5.41, 5.74) is 0.937. The van der Waals surface area contributed by atoms with Crippen LogP contribution in [0.15, 0.2) is 59.5 Å². The second kappa shape index (κ2) is 8.79. The van der Waals surface area contributed by atoms with Crippen molar-refractivity contribution in [2.45, 2.75) is 24.7 Å². The fourth-order valence-corrected chi connectivity index (χ4v) is 4.51. The number of aromatic nitrogens is 2. The molecule has 0 saturated carbocycles. The summed E-state index contributed by atoms with van der Waals surface area (Å²) in [6.07, 6.45) is 2.31. The van der Waals surface area contributed by atoms with E-state index in [0.29, 0.717) is 17.3 Å². The van der Waals surface area contributed by atoms with E-state index < -0.39 is 14.9 Å². The van der Waals surface area contributed by atoms with Gasteiger partial charge in [0.15, 0.2) is 0 Å². The van der Waals surface area contributed by atoms with Crippen molar-refractivity contribution in [1.82, 2.24) is 9.97 Å². The molecule has 10 nitrogen and oxygen atoms in total. The summed E-state index contributed by atoms with van der Waals surface area (Å²) >= 11 is 0. The zero-order valence-electron chi connectivity index (χ0n) is 17.4. The van der Waals surface area contributed by atoms with Gasteiger partial charge in [0.25, 0.3) is 15.7 Å². The highest BCUT2D eigenvalue weighted by Crippen LogP contribution is 2.25. The van der Waals surface area contributed by atoms with Crippen LogP contribution in [0.1, 0.15) is 18.7 Å². The number of nitrogens with zero attached hydrogens (tertiary/aromatic N) is 4. The SMILES string of the molecule is Cc1nc(Nc2ccc(NS(=O)(=O)c3ccc([N+](=O)[O-])cc3)cc2)cc(N2CCCC2)n1. The highest BCUT2D eigenvalue weighted by atomic mass is 32.2. The first-order chi connectivity index (χ1) is 15.3. The number of nitro benzene ring substituents is 1. The molecule has 1 aliphatic heterocycles. The summed E-state index contributed by atoms with van der Waals surface area (Å²) in [5, 5.41) is 14.0. The van der Waals surface area contributed by atoms with Crippen LogP contribution in [0.25, 0.3) is 0 Å². The van der Waals surface area contributed by atoms with Gasteiger partial charge in [-0.05, 0) is 56.2 Å². The maximum Gasteiger partial charge on any atom is 0.269 e. The molecular formula is C21H22N6O4S. The molecule has 2 aromatic carbocycles. The minimum atomic E-state index is -3.87. The van der Waals surface area contributed by atoms with E-state index in [1.165, 1.54) is 12.1 Å². The van der Waals surface area contributed by atoms with Crippen LogP contribution in [-0.4, -0.2) is 36.4 Å². The van der Waals surface area contributed by atoms with Crippen LogP contribution in [0, 0.1) is 17.0 Å². The van der Waals surface area contributed by atoms with Gasteiger partial charge in [-0.2, -0.15) is 0 Å². The fourth-order valence-electron chi connectivity index (χ4n) is 3.45. The van der Waals surface area contributed by atoms with E-state index in [2.05, 4.69) is 24.9 Å². The second-order valence-corrected chi connectivity index (χ2v) is 9.09. The standard InChI is InChI=1S/C21H22N6O4S/c1-15-22-20(14-21(23-15)26-12-2-3-13-26)24-16-4-6-17(7-5-16)25-32(30,31)19-10-8-18(9-11-19)27(28)29/h4-11,14,25H,2-3,12-13H2,1H3,(H,22,23,24). The average molecular weight is 455 g/mol. The van der Waals surface area contributed by atoms with Crippen molar-refractivity contribution >= 4 is 38.7 Å². The van der Waals surface area contributed by atoms with Crippen LogP contribution in [0.4, 0.5) is 28.7 Å². The number of non-ortho nitro benzene ring substituents is 1. The molecule has 1 saturated heterocycles. The van der Waals surface area contributed by atoms with Crippen LogP contribution in [0.3, 0.4) is 0 Å². The van der Waals surface area contributed by atoms with Gasteiger partial charge < -0.3 is 10.2 Å². The van der Waals surface area contributed by atoms with E-state index in [0.717, 1.165) is 49.6 Å². The van der Waals surface area contributed by atoms with Gasteiger partial charge in [0.05, 0.1) is 9.82 Å². The highest BCUT2D eigenvalue weighted by molar-refractivity contribution is 7.92. The molecule has 1 fully saturated rings. The third-order valence-electron chi connectivity index (χ3n) is 5.02. The lowest BCUT2D eigenvalue weighted by atomic mass is 10.3. The summed E-state index contributed by atoms with van der Waals surface area (Å²) in [6, 6.07) is 13.3. The predicted molar refractivity (Wildman–Crippen MR) is 122 cm³/mol. The van der Waals surface area contributed by atoms with Crippen molar-refractivity contribution in [3.05, 3.63) is 70.5 Å². The van der Waals surface area contributed by atoms with Gasteiger partial charge in [0, 0.05) is 42.7 Å². The van der Waals surface area contributed by atoms with E-state index in [1.807, 2.05) is 13.0 Å². The number of hydrogen-bond acceptors (Lipinski definition) is 8. The zero-order valence-corrected chi connectivity index (χ0v) is 18.2. The molecule has 166 valence electrons. The Bertz CT molecular complexity index is 1220. The Morgan fingerprint density at radius 2 is 1.59 bits per heavy atom. The molecular weight excluding hydrogens is 432 g/mol. The second-order valence-electron chi connectivity index (χ2n) is 7.41. The van der Waals surface area contributed by atoms with Crippen LogP contribution in [0.2, 0.25) is 0 Å². The molecule has 1 aromatic heterocycles. The number of anilines is 4. The molecule has 4 rings (SSSR count). The van der Waals surface area contributed by atoms with Gasteiger partial charge in [-0.3, -0.25) is 14.8 Å². The van der Waals surface area contributed by atoms with Crippen LogP contribution in [-0.2, 0) is 10.0 Å². The molecule has 11 heteroatoms. The van der Waals surface area contributed by atoms with E-state index in [-0.39, 0.29) is 10.6 Å². The Hall–Kier alpha value is -3.73. The van der Waals surface area contributed by atoms with E-state index in [1.54, 1.807) is 24.3 Å². The molecule has 2 heterocycles. The largest absolute Gasteiger partial charge is 0.356 e. The average Bonchev–Trinajstić information content (AvgIpc) is 3.30. The zero-order chi connectivity index (χ0) is 22.7. The molecule has 0 unspecified atom stereocenters. The summed E-state index contributed by atoms with van der Waals surface area (Å²) in [7, 11) is -3.87. The molecule has 1 aliphatic rings. The van der Waals surface area contributed by atoms with E-state index >= 15 is 0 Å². The molecule has 32 heavy (non-hydrogen) atoms. The van der Waals surface area contributed by atoms with Crippen molar-refractivity contribution in [2.24, 2.45) is 0 Å². The third kappa shape index (κ3) is 4.94. The minimum absolute atomic E-state index is 0.0591. The topological polar surface area (TPSA) is 130 Å². The lowest BCUT2D eigenvalue weighted by Crippen LogP contribution is -2.19. The number of hydrogen-bond donors (Lipinski definition) is 2. The summed E-state index contributed by atoms with van der Waals surface area (Å²) in [4.78, 5) is 21.3. The molecule has 0 radical (unpaired) electrons. The number of nitrogens with one attached hydrogen (secondary N) is 2. The summed E-state index contributed by atoms with van der Waals surface area (Å²) in [6.45, 7) is 3.82. The fraction of sp³-hybridized carbons (Fsp3) is 0.238. The van der Waals surface area contributed by atoms with Gasteiger partial charge in [-0.1, -0.05) is 0 Å². The first-order valence-electron chi connectivity index (χ1n) is 10.1. The van der Waals surface area contributed by atoms with Crippen LogP contribution >= 0.6 is 0 Å². The normalized spacial score (nSPS) is 13.7. The maximum atomic E-state index is 12.5. The number of rotatable bonds is 7. The van der Waals surface area contributed by atoms with Crippen molar-refractivity contribution in [2.75, 3.05) is 28.0 Å². The Kier molecular flexibility index (Phi) is 5.91. The minimum Gasteiger partial charge on any atom is -0.356 e. The molecule has 0 aliphatic carbocycles. The Balaban J connectivity index is 1.46. The molecule has 0 atom stereocenters. The number of nitro groups is 1. The van der Waals surface area contributed by atoms with Crippen LogP contribution in [0.5, 0.6) is 0 Å². The van der Waals surface area contributed by atoms with Gasteiger partial charge in [0.1, 0.15) is 17.5 Å². The molecule has 3 aromatic rings.